The molecule has 200 valence electrons. The van der Waals surface area contributed by atoms with Crippen molar-refractivity contribution < 1.29 is 21.1 Å². The SMILES string of the molecule is [Pt+2].[c-]1c(C=c2[n-]c(=Cc3nccc4ccccc34)c3cc4ccccc4cc23)cccc1-c1cc2ccccc2cn1. The van der Waals surface area contributed by atoms with Gasteiger partial charge in [0.1, 0.15) is 0 Å². The number of benzene rings is 5. The van der Waals surface area contributed by atoms with Gasteiger partial charge in [-0.05, 0) is 62.0 Å². The number of aromatic nitrogens is 3. The number of hydrogen-bond acceptors (Lipinski definition) is 2. The minimum Gasteiger partial charge on any atom is -0.663 e. The average molecular weight is 717 g/mol. The second-order valence-corrected chi connectivity index (χ2v) is 10.3. The van der Waals surface area contributed by atoms with Crippen LogP contribution >= 0.6 is 0 Å². The maximum Gasteiger partial charge on any atom is 2.00 e. The molecule has 5 aromatic carbocycles. The van der Waals surface area contributed by atoms with Crippen molar-refractivity contribution in [3.63, 3.8) is 0 Å². The van der Waals surface area contributed by atoms with Crippen molar-refractivity contribution in [3.05, 3.63) is 156 Å². The Kier molecular flexibility index (Phi) is 6.74. The van der Waals surface area contributed by atoms with Gasteiger partial charge in [-0.2, -0.15) is 5.35 Å². The fraction of sp³-hybridized carbons (Fsp3) is 0. The second kappa shape index (κ2) is 10.9. The van der Waals surface area contributed by atoms with Crippen LogP contribution in [0.1, 0.15) is 11.3 Å². The van der Waals surface area contributed by atoms with Crippen LogP contribution in [0.4, 0.5) is 0 Å². The van der Waals surface area contributed by atoms with Crippen molar-refractivity contribution >= 4 is 55.2 Å². The van der Waals surface area contributed by atoms with E-state index >= 15 is 0 Å². The van der Waals surface area contributed by atoms with Crippen LogP contribution in [-0.2, 0) is 21.1 Å². The fourth-order valence-electron chi connectivity index (χ4n) is 5.62. The Morgan fingerprint density at radius 3 is 1.95 bits per heavy atom. The molecule has 0 amide bonds. The molecule has 3 nitrogen and oxygen atoms in total. The summed E-state index contributed by atoms with van der Waals surface area (Å²) >= 11 is 0. The third kappa shape index (κ3) is 4.72. The van der Waals surface area contributed by atoms with E-state index in [0.29, 0.717) is 0 Å². The Labute approximate surface area is 257 Å². The van der Waals surface area contributed by atoms with Crippen LogP contribution < -0.4 is 15.7 Å². The molecule has 42 heavy (non-hydrogen) atoms. The Morgan fingerprint density at radius 1 is 0.548 bits per heavy atom. The van der Waals surface area contributed by atoms with Gasteiger partial charge in [-0.15, -0.1) is 41.3 Å². The maximum absolute atomic E-state index is 5.17. The zero-order chi connectivity index (χ0) is 27.2. The summed E-state index contributed by atoms with van der Waals surface area (Å²) in [6.07, 6.45) is 8.02. The van der Waals surface area contributed by atoms with Crippen LogP contribution in [0.5, 0.6) is 0 Å². The Bertz CT molecular complexity index is 2380. The van der Waals surface area contributed by atoms with Crippen molar-refractivity contribution in [2.24, 2.45) is 0 Å². The largest absolute Gasteiger partial charge is 2.00 e. The summed E-state index contributed by atoms with van der Waals surface area (Å²) in [4.78, 5) is 14.6. The molecule has 0 N–H and O–H groups in total. The molecular weight excluding hydrogens is 694 g/mol. The van der Waals surface area contributed by atoms with Gasteiger partial charge >= 0.3 is 21.1 Å². The van der Waals surface area contributed by atoms with Gasteiger partial charge in [0, 0.05) is 23.5 Å². The Hall–Kier alpha value is -4.85. The van der Waals surface area contributed by atoms with E-state index in [4.69, 9.17) is 15.0 Å². The van der Waals surface area contributed by atoms with Gasteiger partial charge < -0.3 is 4.98 Å². The van der Waals surface area contributed by atoms with Gasteiger partial charge in [0.15, 0.2) is 0 Å². The van der Waals surface area contributed by atoms with E-state index in [2.05, 4.69) is 121 Å². The molecule has 3 aromatic heterocycles. The minimum atomic E-state index is 0. The summed E-state index contributed by atoms with van der Waals surface area (Å²) in [5.74, 6) is 0. The summed E-state index contributed by atoms with van der Waals surface area (Å²) < 4.78 is 0. The molecule has 0 spiro atoms. The van der Waals surface area contributed by atoms with Crippen LogP contribution in [0.15, 0.2) is 128 Å². The molecular formula is C38H23N3Pt. The normalized spacial score (nSPS) is 12.4. The monoisotopic (exact) mass is 716 g/mol. The summed E-state index contributed by atoms with van der Waals surface area (Å²) in [5, 5.41) is 11.0. The molecule has 3 heterocycles. The van der Waals surface area contributed by atoms with E-state index in [1.807, 2.05) is 24.5 Å². The summed E-state index contributed by atoms with van der Waals surface area (Å²) in [7, 11) is 0. The predicted molar refractivity (Wildman–Crippen MR) is 169 cm³/mol. The van der Waals surface area contributed by atoms with E-state index < -0.39 is 0 Å². The number of pyridine rings is 2. The molecule has 0 aliphatic rings. The van der Waals surface area contributed by atoms with Crippen LogP contribution in [0.3, 0.4) is 0 Å². The molecule has 0 unspecified atom stereocenters. The van der Waals surface area contributed by atoms with Crippen molar-refractivity contribution in [3.8, 4) is 11.3 Å². The Morgan fingerprint density at radius 2 is 1.19 bits per heavy atom. The third-order valence-electron chi connectivity index (χ3n) is 7.67. The van der Waals surface area contributed by atoms with Gasteiger partial charge in [-0.1, -0.05) is 84.4 Å². The van der Waals surface area contributed by atoms with Crippen molar-refractivity contribution in [2.75, 3.05) is 0 Å². The van der Waals surface area contributed by atoms with E-state index in [0.717, 1.165) is 65.5 Å². The molecule has 0 atom stereocenters. The van der Waals surface area contributed by atoms with Gasteiger partial charge in [0.25, 0.3) is 0 Å². The molecule has 8 aromatic rings. The molecule has 0 radical (unpaired) electrons. The number of rotatable bonds is 3. The first-order valence-corrected chi connectivity index (χ1v) is 13.7. The topological polar surface area (TPSA) is 39.9 Å². The van der Waals surface area contributed by atoms with E-state index in [1.54, 1.807) is 0 Å². The molecule has 0 saturated heterocycles. The average Bonchev–Trinajstić information content (AvgIpc) is 3.35. The summed E-state index contributed by atoms with van der Waals surface area (Å²) in [5.41, 5.74) is 3.73. The summed E-state index contributed by atoms with van der Waals surface area (Å²) in [6.45, 7) is 0. The number of nitrogens with zero attached hydrogens (tertiary/aromatic N) is 3. The van der Waals surface area contributed by atoms with Crippen molar-refractivity contribution in [1.82, 2.24) is 15.0 Å². The van der Waals surface area contributed by atoms with Gasteiger partial charge in [0.2, 0.25) is 0 Å². The first-order chi connectivity index (χ1) is 20.3. The quantitative estimate of drug-likeness (QED) is 0.182. The van der Waals surface area contributed by atoms with E-state index in [9.17, 15) is 0 Å². The van der Waals surface area contributed by atoms with Crippen LogP contribution in [0.2, 0.25) is 0 Å². The standard InChI is InChI=1S/C38H23N3.Pt/c1-2-11-28-21-34-33(20-27(28)10-1)37(41-38(34)23-36-32-15-6-5-9-26(32)16-17-39-36)19-25-8-7-14-30(18-25)35-22-29-12-3-4-13-31(29)24-40-35;/h1-17,19-24H;/q-2;+2. The minimum absolute atomic E-state index is 0. The molecule has 0 aliphatic heterocycles. The number of fused-ring (bicyclic) bond motifs is 4. The first-order valence-electron chi connectivity index (χ1n) is 13.7. The van der Waals surface area contributed by atoms with Crippen molar-refractivity contribution in [2.45, 2.75) is 0 Å². The zero-order valence-electron chi connectivity index (χ0n) is 22.4. The predicted octanol–water partition coefficient (Wildman–Crippen LogP) is 7.17. The van der Waals surface area contributed by atoms with Gasteiger partial charge in [0.05, 0.1) is 5.69 Å². The third-order valence-corrected chi connectivity index (χ3v) is 7.67. The van der Waals surface area contributed by atoms with Gasteiger partial charge in [-0.25, -0.2) is 0 Å². The van der Waals surface area contributed by atoms with Crippen molar-refractivity contribution in [1.29, 1.82) is 0 Å². The molecule has 0 fully saturated rings. The smallest absolute Gasteiger partial charge is 0.663 e. The summed E-state index contributed by atoms with van der Waals surface area (Å²) in [6, 6.07) is 43.5. The second-order valence-electron chi connectivity index (χ2n) is 10.3. The molecule has 0 bridgehead atoms. The fourth-order valence-corrected chi connectivity index (χ4v) is 5.62. The first kappa shape index (κ1) is 26.1. The number of hydrogen-bond donors (Lipinski definition) is 0. The molecule has 4 heteroatoms. The molecule has 0 aliphatic carbocycles. The van der Waals surface area contributed by atoms with Gasteiger partial charge in [-0.3, -0.25) is 9.97 Å². The van der Waals surface area contributed by atoms with Crippen LogP contribution in [-0.4, -0.2) is 9.97 Å². The van der Waals surface area contributed by atoms with Crippen LogP contribution in [0.25, 0.3) is 66.5 Å². The maximum atomic E-state index is 5.17. The molecule has 0 saturated carbocycles. The molecule has 8 rings (SSSR count). The van der Waals surface area contributed by atoms with E-state index in [-0.39, 0.29) is 21.1 Å². The van der Waals surface area contributed by atoms with Crippen LogP contribution in [0, 0.1) is 6.07 Å². The van der Waals surface area contributed by atoms with E-state index in [1.165, 1.54) is 10.8 Å². The zero-order valence-corrected chi connectivity index (χ0v) is 24.7. The Balaban J connectivity index is 0.00000288.